The number of carbonyl (C=O) groups is 1. The van der Waals surface area contributed by atoms with E-state index in [1.54, 1.807) is 6.07 Å². The van der Waals surface area contributed by atoms with Gasteiger partial charge in [0, 0.05) is 17.1 Å². The molecule has 0 aliphatic heterocycles. The van der Waals surface area contributed by atoms with Crippen LogP contribution in [0.1, 0.15) is 23.3 Å². The Kier molecular flexibility index (Phi) is 3.49. The van der Waals surface area contributed by atoms with Crippen LogP contribution >= 0.6 is 11.6 Å². The molecule has 0 atom stereocenters. The monoisotopic (exact) mass is 290 g/mol. The van der Waals surface area contributed by atoms with Crippen molar-refractivity contribution in [3.8, 4) is 11.3 Å². The van der Waals surface area contributed by atoms with Crippen molar-refractivity contribution in [1.29, 1.82) is 0 Å². The first-order chi connectivity index (χ1) is 9.69. The van der Waals surface area contributed by atoms with Gasteiger partial charge in [0.2, 0.25) is 0 Å². The molecular weight excluding hydrogens is 276 g/mol. The summed E-state index contributed by atoms with van der Waals surface area (Å²) in [5.41, 5.74) is 2.07. The topological polar surface area (TPSA) is 44.1 Å². The first-order valence-electron chi connectivity index (χ1n) is 6.60. The summed E-state index contributed by atoms with van der Waals surface area (Å²) >= 11 is 6.25. The molecule has 0 bridgehead atoms. The number of aromatic nitrogens is 2. The second-order valence-electron chi connectivity index (χ2n) is 5.01. The highest BCUT2D eigenvalue weighted by Gasteiger charge is 2.25. The van der Waals surface area contributed by atoms with Crippen molar-refractivity contribution in [3.05, 3.63) is 41.0 Å². The lowest BCUT2D eigenvalue weighted by atomic mass is 10.1. The summed E-state index contributed by atoms with van der Waals surface area (Å²) in [7, 11) is 1.36. The smallest absolute Gasteiger partial charge is 0.358 e. The lowest BCUT2D eigenvalue weighted by Crippen LogP contribution is -2.07. The molecule has 5 heteroatoms. The average Bonchev–Trinajstić information content (AvgIpc) is 3.17. The maximum Gasteiger partial charge on any atom is 0.358 e. The van der Waals surface area contributed by atoms with E-state index < -0.39 is 5.97 Å². The molecule has 4 nitrogen and oxygen atoms in total. The SMILES string of the molecule is COC(=O)c1cc(-c2ccccc2Cl)n(CC2CC2)n1. The zero-order chi connectivity index (χ0) is 14.1. The van der Waals surface area contributed by atoms with Crippen LogP contribution in [0.3, 0.4) is 0 Å². The molecule has 0 saturated heterocycles. The zero-order valence-corrected chi connectivity index (χ0v) is 11.9. The van der Waals surface area contributed by atoms with Crippen molar-refractivity contribution in [3.63, 3.8) is 0 Å². The Hall–Kier alpha value is -1.81. The molecule has 1 aliphatic carbocycles. The van der Waals surface area contributed by atoms with Crippen LogP contribution in [-0.4, -0.2) is 22.9 Å². The van der Waals surface area contributed by atoms with Gasteiger partial charge in [-0.25, -0.2) is 4.79 Å². The van der Waals surface area contributed by atoms with Crippen LogP contribution in [0.5, 0.6) is 0 Å². The molecule has 2 aromatic rings. The van der Waals surface area contributed by atoms with Crippen molar-refractivity contribution in [2.45, 2.75) is 19.4 Å². The van der Waals surface area contributed by atoms with E-state index >= 15 is 0 Å². The maximum absolute atomic E-state index is 11.7. The molecule has 20 heavy (non-hydrogen) atoms. The van der Waals surface area contributed by atoms with Gasteiger partial charge in [-0.05, 0) is 30.9 Å². The van der Waals surface area contributed by atoms with Gasteiger partial charge in [-0.15, -0.1) is 0 Å². The van der Waals surface area contributed by atoms with Crippen molar-refractivity contribution >= 4 is 17.6 Å². The van der Waals surface area contributed by atoms with Gasteiger partial charge >= 0.3 is 5.97 Å². The average molecular weight is 291 g/mol. The molecule has 3 rings (SSSR count). The van der Waals surface area contributed by atoms with E-state index in [0.29, 0.717) is 16.6 Å². The Balaban J connectivity index is 2.05. The Morgan fingerprint density at radius 2 is 2.20 bits per heavy atom. The second kappa shape index (κ2) is 5.29. The predicted octanol–water partition coefficient (Wildman–Crippen LogP) is 3.40. The van der Waals surface area contributed by atoms with Crippen LogP contribution in [0.15, 0.2) is 30.3 Å². The molecule has 1 aromatic heterocycles. The maximum atomic E-state index is 11.7. The Morgan fingerprint density at radius 1 is 1.45 bits per heavy atom. The minimum atomic E-state index is -0.423. The molecule has 1 heterocycles. The van der Waals surface area contributed by atoms with Crippen LogP contribution in [0.2, 0.25) is 5.02 Å². The molecular formula is C15H15ClN2O2. The van der Waals surface area contributed by atoms with Gasteiger partial charge in [0.1, 0.15) is 0 Å². The van der Waals surface area contributed by atoms with E-state index in [1.165, 1.54) is 20.0 Å². The number of halogens is 1. The number of carbonyl (C=O) groups excluding carboxylic acids is 1. The third-order valence-electron chi connectivity index (χ3n) is 3.45. The van der Waals surface area contributed by atoms with Gasteiger partial charge in [0.25, 0.3) is 0 Å². The molecule has 0 amide bonds. The highest BCUT2D eigenvalue weighted by molar-refractivity contribution is 6.33. The minimum Gasteiger partial charge on any atom is -0.464 e. The van der Waals surface area contributed by atoms with Crippen LogP contribution in [-0.2, 0) is 11.3 Å². The summed E-state index contributed by atoms with van der Waals surface area (Å²) in [4.78, 5) is 11.7. The summed E-state index contributed by atoms with van der Waals surface area (Å²) in [6.45, 7) is 0.817. The number of rotatable bonds is 4. The van der Waals surface area contributed by atoms with Crippen LogP contribution in [0, 0.1) is 5.92 Å². The first kappa shape index (κ1) is 13.2. The quantitative estimate of drug-likeness (QED) is 0.811. The summed E-state index contributed by atoms with van der Waals surface area (Å²) in [5.74, 6) is 0.231. The van der Waals surface area contributed by atoms with Crippen LogP contribution in [0.4, 0.5) is 0 Å². The Morgan fingerprint density at radius 3 is 2.85 bits per heavy atom. The standard InChI is InChI=1S/C15H15ClN2O2/c1-20-15(19)13-8-14(11-4-2-3-5-12(11)16)18(17-13)9-10-6-7-10/h2-5,8,10H,6-7,9H2,1H3. The molecule has 0 unspecified atom stereocenters. The highest BCUT2D eigenvalue weighted by Crippen LogP contribution is 2.34. The molecule has 0 radical (unpaired) electrons. The largest absolute Gasteiger partial charge is 0.464 e. The van der Waals surface area contributed by atoms with Crippen LogP contribution < -0.4 is 0 Å². The second-order valence-corrected chi connectivity index (χ2v) is 5.42. The van der Waals surface area contributed by atoms with Crippen molar-refractivity contribution in [2.75, 3.05) is 7.11 Å². The van der Waals surface area contributed by atoms with Crippen LogP contribution in [0.25, 0.3) is 11.3 Å². The van der Waals surface area contributed by atoms with E-state index in [0.717, 1.165) is 17.8 Å². The Bertz CT molecular complexity index is 647. The third-order valence-corrected chi connectivity index (χ3v) is 3.78. The number of nitrogens with zero attached hydrogens (tertiary/aromatic N) is 2. The van der Waals surface area contributed by atoms with E-state index in [-0.39, 0.29) is 0 Å². The van der Waals surface area contributed by atoms with Crippen molar-refractivity contribution < 1.29 is 9.53 Å². The number of methoxy groups -OCH3 is 1. The van der Waals surface area contributed by atoms with Crippen molar-refractivity contribution in [1.82, 2.24) is 9.78 Å². The lowest BCUT2D eigenvalue weighted by molar-refractivity contribution is 0.0593. The molecule has 1 aromatic carbocycles. The predicted molar refractivity (Wildman–Crippen MR) is 76.7 cm³/mol. The number of benzene rings is 1. The molecule has 104 valence electrons. The van der Waals surface area contributed by atoms with Gasteiger partial charge in [-0.1, -0.05) is 29.8 Å². The fourth-order valence-corrected chi connectivity index (χ4v) is 2.42. The minimum absolute atomic E-state index is 0.322. The van der Waals surface area contributed by atoms with Gasteiger partial charge < -0.3 is 4.74 Å². The van der Waals surface area contributed by atoms with E-state index in [1.807, 2.05) is 28.9 Å². The summed E-state index contributed by atoms with van der Waals surface area (Å²) in [6, 6.07) is 9.32. The highest BCUT2D eigenvalue weighted by atomic mass is 35.5. The number of hydrogen-bond acceptors (Lipinski definition) is 3. The van der Waals surface area contributed by atoms with Gasteiger partial charge in [-0.3, -0.25) is 4.68 Å². The van der Waals surface area contributed by atoms with Gasteiger partial charge in [-0.2, -0.15) is 5.10 Å². The molecule has 0 spiro atoms. The third kappa shape index (κ3) is 2.56. The number of hydrogen-bond donors (Lipinski definition) is 0. The van der Waals surface area contributed by atoms with Gasteiger partial charge in [0.15, 0.2) is 5.69 Å². The fourth-order valence-electron chi connectivity index (χ4n) is 2.19. The fraction of sp³-hybridized carbons (Fsp3) is 0.333. The summed E-state index contributed by atoms with van der Waals surface area (Å²) in [5, 5.41) is 5.02. The number of esters is 1. The summed E-state index contributed by atoms with van der Waals surface area (Å²) in [6.07, 6.45) is 2.44. The molecule has 1 saturated carbocycles. The van der Waals surface area contributed by atoms with Crippen molar-refractivity contribution in [2.24, 2.45) is 5.92 Å². The Labute approximate surface area is 122 Å². The number of ether oxygens (including phenoxy) is 1. The molecule has 1 fully saturated rings. The van der Waals surface area contributed by atoms with Gasteiger partial charge in [0.05, 0.1) is 12.8 Å². The lowest BCUT2D eigenvalue weighted by Gasteiger charge is -2.07. The normalized spacial score (nSPS) is 14.3. The first-order valence-corrected chi connectivity index (χ1v) is 6.98. The molecule has 0 N–H and O–H groups in total. The zero-order valence-electron chi connectivity index (χ0n) is 11.2. The van der Waals surface area contributed by atoms with E-state index in [4.69, 9.17) is 16.3 Å². The van der Waals surface area contributed by atoms with E-state index in [2.05, 4.69) is 5.10 Å². The summed E-state index contributed by atoms with van der Waals surface area (Å²) < 4.78 is 6.61. The van der Waals surface area contributed by atoms with E-state index in [9.17, 15) is 4.79 Å². The molecule has 1 aliphatic rings.